The summed E-state index contributed by atoms with van der Waals surface area (Å²) in [4.78, 5) is 7.77. The van der Waals surface area contributed by atoms with Crippen molar-refractivity contribution >= 4 is 27.3 Å². The Labute approximate surface area is 135 Å². The molecule has 1 saturated heterocycles. The van der Waals surface area contributed by atoms with E-state index in [1.807, 2.05) is 11.3 Å². The largest absolute Gasteiger partial charge is 0.329 e. The Hall–Kier alpha value is 0.0600. The van der Waals surface area contributed by atoms with Gasteiger partial charge in [-0.25, -0.2) is 0 Å². The molecule has 1 aromatic heterocycles. The summed E-state index contributed by atoms with van der Waals surface area (Å²) in [5.41, 5.74) is 6.06. The number of thiophene rings is 1. The van der Waals surface area contributed by atoms with Crippen LogP contribution in [0.4, 0.5) is 0 Å². The number of likely N-dealkylation sites (tertiary alicyclic amines) is 1. The minimum absolute atomic E-state index is 0.350. The Morgan fingerprint density at radius 1 is 1.50 bits per heavy atom. The quantitative estimate of drug-likeness (QED) is 0.875. The summed E-state index contributed by atoms with van der Waals surface area (Å²) >= 11 is 5.49. The second kappa shape index (κ2) is 7.36. The number of hydrogen-bond acceptors (Lipinski definition) is 4. The summed E-state index contributed by atoms with van der Waals surface area (Å²) in [7, 11) is 2.24. The molecule has 1 aliphatic rings. The van der Waals surface area contributed by atoms with Gasteiger partial charge in [-0.15, -0.1) is 11.3 Å². The SMILES string of the molecule is CCN1CCC(N(C)C(CN)c2cc(Br)c(C)s2)CC1. The van der Waals surface area contributed by atoms with Crippen molar-refractivity contribution in [2.75, 3.05) is 33.2 Å². The zero-order chi connectivity index (χ0) is 14.7. The van der Waals surface area contributed by atoms with Gasteiger partial charge in [-0.1, -0.05) is 6.92 Å². The van der Waals surface area contributed by atoms with Crippen molar-refractivity contribution in [3.05, 3.63) is 20.3 Å². The molecule has 2 rings (SSSR count). The van der Waals surface area contributed by atoms with E-state index in [1.165, 1.54) is 46.7 Å². The van der Waals surface area contributed by atoms with Crippen LogP contribution in [0, 0.1) is 6.92 Å². The summed E-state index contributed by atoms with van der Waals surface area (Å²) in [5, 5.41) is 0. The van der Waals surface area contributed by atoms with Crippen LogP contribution in [0.3, 0.4) is 0 Å². The molecular formula is C15H26BrN3S. The van der Waals surface area contributed by atoms with Crippen LogP contribution in [0.15, 0.2) is 10.5 Å². The lowest BCUT2D eigenvalue weighted by atomic mass is 10.0. The third-order valence-corrected chi connectivity index (χ3v) is 6.74. The van der Waals surface area contributed by atoms with Crippen molar-refractivity contribution in [2.24, 2.45) is 5.73 Å². The maximum absolute atomic E-state index is 6.06. The summed E-state index contributed by atoms with van der Waals surface area (Å²) in [6, 6.07) is 3.26. The zero-order valence-electron chi connectivity index (χ0n) is 12.7. The summed E-state index contributed by atoms with van der Waals surface area (Å²) in [6.45, 7) is 8.71. The Morgan fingerprint density at radius 2 is 2.15 bits per heavy atom. The van der Waals surface area contributed by atoms with Crippen molar-refractivity contribution in [1.82, 2.24) is 9.80 Å². The molecule has 2 N–H and O–H groups in total. The molecule has 1 unspecified atom stereocenters. The highest BCUT2D eigenvalue weighted by atomic mass is 79.9. The van der Waals surface area contributed by atoms with E-state index in [1.54, 1.807) is 0 Å². The van der Waals surface area contributed by atoms with Gasteiger partial charge in [0.05, 0.1) is 6.04 Å². The Morgan fingerprint density at radius 3 is 2.60 bits per heavy atom. The fourth-order valence-corrected chi connectivity index (χ4v) is 4.75. The molecule has 0 aromatic carbocycles. The highest BCUT2D eigenvalue weighted by Crippen LogP contribution is 2.34. The number of nitrogens with zero attached hydrogens (tertiary/aromatic N) is 2. The highest BCUT2D eigenvalue weighted by Gasteiger charge is 2.27. The molecule has 0 aliphatic carbocycles. The molecular weight excluding hydrogens is 334 g/mol. The van der Waals surface area contributed by atoms with E-state index in [-0.39, 0.29) is 0 Å². The molecule has 3 nitrogen and oxygen atoms in total. The summed E-state index contributed by atoms with van der Waals surface area (Å²) in [5.74, 6) is 0. The molecule has 0 bridgehead atoms. The Kier molecular flexibility index (Phi) is 6.05. The van der Waals surface area contributed by atoms with Crippen molar-refractivity contribution in [3.63, 3.8) is 0 Å². The average Bonchev–Trinajstić information content (AvgIpc) is 2.79. The molecule has 1 atom stereocenters. The molecule has 0 amide bonds. The first-order chi connectivity index (χ1) is 9.56. The lowest BCUT2D eigenvalue weighted by Crippen LogP contribution is -2.45. The van der Waals surface area contributed by atoms with Crippen LogP contribution in [-0.4, -0.2) is 49.1 Å². The van der Waals surface area contributed by atoms with Gasteiger partial charge in [0.25, 0.3) is 0 Å². The van der Waals surface area contributed by atoms with Crippen LogP contribution in [-0.2, 0) is 0 Å². The normalized spacial score (nSPS) is 19.7. The monoisotopic (exact) mass is 359 g/mol. The lowest BCUT2D eigenvalue weighted by Gasteiger charge is -2.39. The number of likely N-dealkylation sites (N-methyl/N-ethyl adjacent to an activating group) is 1. The number of halogens is 1. The van der Waals surface area contributed by atoms with E-state index in [4.69, 9.17) is 5.73 Å². The molecule has 20 heavy (non-hydrogen) atoms. The van der Waals surface area contributed by atoms with Crippen molar-refractivity contribution in [3.8, 4) is 0 Å². The molecule has 2 heterocycles. The molecule has 0 saturated carbocycles. The molecule has 0 radical (unpaired) electrons. The van der Waals surface area contributed by atoms with Gasteiger partial charge in [-0.05, 0) is 68.4 Å². The average molecular weight is 360 g/mol. The predicted octanol–water partition coefficient (Wildman–Crippen LogP) is 3.23. The van der Waals surface area contributed by atoms with Crippen molar-refractivity contribution < 1.29 is 0 Å². The van der Waals surface area contributed by atoms with Crippen LogP contribution in [0.2, 0.25) is 0 Å². The summed E-state index contributed by atoms with van der Waals surface area (Å²) in [6.07, 6.45) is 2.51. The number of rotatable bonds is 5. The van der Waals surface area contributed by atoms with Gasteiger partial charge >= 0.3 is 0 Å². The third kappa shape index (κ3) is 3.63. The minimum Gasteiger partial charge on any atom is -0.329 e. The van der Waals surface area contributed by atoms with Crippen LogP contribution in [0.5, 0.6) is 0 Å². The van der Waals surface area contributed by atoms with Gasteiger partial charge < -0.3 is 10.6 Å². The topological polar surface area (TPSA) is 32.5 Å². The molecule has 1 aliphatic heterocycles. The first-order valence-corrected chi connectivity index (χ1v) is 9.08. The van der Waals surface area contributed by atoms with Crippen LogP contribution >= 0.6 is 27.3 Å². The first kappa shape index (κ1) is 16.4. The van der Waals surface area contributed by atoms with E-state index >= 15 is 0 Å². The molecule has 5 heteroatoms. The third-order valence-electron chi connectivity index (χ3n) is 4.50. The zero-order valence-corrected chi connectivity index (χ0v) is 15.1. The minimum atomic E-state index is 0.350. The van der Waals surface area contributed by atoms with Crippen LogP contribution in [0.25, 0.3) is 0 Å². The number of hydrogen-bond donors (Lipinski definition) is 1. The molecule has 0 spiro atoms. The second-order valence-electron chi connectivity index (χ2n) is 5.64. The standard InChI is InChI=1S/C15H26BrN3S/c1-4-19-7-5-12(6-8-19)18(3)14(10-17)15-9-13(16)11(2)20-15/h9,12,14H,4-8,10,17H2,1-3H3. The van der Waals surface area contributed by atoms with E-state index in [2.05, 4.69) is 52.7 Å². The second-order valence-corrected chi connectivity index (χ2v) is 7.78. The fourth-order valence-electron chi connectivity index (χ4n) is 3.03. The number of nitrogens with two attached hydrogens (primary N) is 1. The van der Waals surface area contributed by atoms with E-state index in [0.29, 0.717) is 18.6 Å². The molecule has 1 fully saturated rings. The van der Waals surface area contributed by atoms with Crippen molar-refractivity contribution in [2.45, 2.75) is 38.8 Å². The maximum atomic E-state index is 6.06. The number of piperidine rings is 1. The first-order valence-electron chi connectivity index (χ1n) is 7.47. The van der Waals surface area contributed by atoms with Gasteiger partial charge in [0.15, 0.2) is 0 Å². The smallest absolute Gasteiger partial charge is 0.0564 e. The molecule has 1 aromatic rings. The van der Waals surface area contributed by atoms with Gasteiger partial charge in [0.1, 0.15) is 0 Å². The van der Waals surface area contributed by atoms with Gasteiger partial charge in [0.2, 0.25) is 0 Å². The van der Waals surface area contributed by atoms with Gasteiger partial charge in [0, 0.05) is 26.8 Å². The van der Waals surface area contributed by atoms with E-state index in [9.17, 15) is 0 Å². The van der Waals surface area contributed by atoms with Crippen LogP contribution < -0.4 is 5.73 Å². The number of aryl methyl sites for hydroxylation is 1. The van der Waals surface area contributed by atoms with E-state index < -0.39 is 0 Å². The van der Waals surface area contributed by atoms with Crippen LogP contribution in [0.1, 0.15) is 35.6 Å². The Bertz CT molecular complexity index is 407. The Balaban J connectivity index is 2.04. The van der Waals surface area contributed by atoms with Gasteiger partial charge in [-0.2, -0.15) is 0 Å². The summed E-state index contributed by atoms with van der Waals surface area (Å²) < 4.78 is 1.21. The highest BCUT2D eigenvalue weighted by molar-refractivity contribution is 9.10. The molecule has 114 valence electrons. The van der Waals surface area contributed by atoms with Gasteiger partial charge in [-0.3, -0.25) is 4.90 Å². The maximum Gasteiger partial charge on any atom is 0.0564 e. The van der Waals surface area contributed by atoms with Crippen molar-refractivity contribution in [1.29, 1.82) is 0 Å². The van der Waals surface area contributed by atoms with E-state index in [0.717, 1.165) is 0 Å². The fraction of sp³-hybridized carbons (Fsp3) is 0.733. The lowest BCUT2D eigenvalue weighted by molar-refractivity contribution is 0.102. The predicted molar refractivity (Wildman–Crippen MR) is 91.5 cm³/mol.